The molecule has 6 heteroatoms. The van der Waals surface area contributed by atoms with Crippen LogP contribution in [0.25, 0.3) is 11.0 Å². The van der Waals surface area contributed by atoms with E-state index in [0.29, 0.717) is 25.5 Å². The largest absolute Gasteiger partial charge is 0.379 e. The minimum absolute atomic E-state index is 0.0989. The van der Waals surface area contributed by atoms with Crippen LogP contribution in [0.15, 0.2) is 54.7 Å². The van der Waals surface area contributed by atoms with Crippen molar-refractivity contribution in [2.75, 3.05) is 32.8 Å². The van der Waals surface area contributed by atoms with Crippen LogP contribution in [-0.2, 0) is 4.74 Å². The van der Waals surface area contributed by atoms with Crippen molar-refractivity contribution in [3.8, 4) is 0 Å². The molecule has 3 aromatic rings. The number of nitrogens with zero attached hydrogens (tertiary/aromatic N) is 3. The van der Waals surface area contributed by atoms with E-state index in [1.54, 1.807) is 0 Å². The molecule has 4 rings (SSSR count). The summed E-state index contributed by atoms with van der Waals surface area (Å²) in [6.45, 7) is 5.72. The molecule has 0 bridgehead atoms. The highest BCUT2D eigenvalue weighted by Crippen LogP contribution is 2.22. The second kappa shape index (κ2) is 8.46. The molecular formula is C22H24N4O2. The first-order valence-electron chi connectivity index (χ1n) is 9.59. The van der Waals surface area contributed by atoms with E-state index in [4.69, 9.17) is 4.74 Å². The molecule has 6 nitrogen and oxygen atoms in total. The first-order valence-corrected chi connectivity index (χ1v) is 9.59. The van der Waals surface area contributed by atoms with Gasteiger partial charge in [-0.05, 0) is 24.6 Å². The zero-order valence-corrected chi connectivity index (χ0v) is 16.0. The van der Waals surface area contributed by atoms with Crippen LogP contribution in [0.5, 0.6) is 0 Å². The minimum atomic E-state index is -0.205. The molecule has 0 saturated carbocycles. The standard InChI is InChI=1S/C22H24N4O2/c1-16-6-8-17(9-7-16)21(26-10-12-28-13-11-26)15-24-22(27)20-14-23-18-4-2-3-5-19(18)25-20/h2-9,14,21H,10-13,15H2,1H3,(H,24,27)/t21-/m1/s1. The third-order valence-corrected chi connectivity index (χ3v) is 5.09. The van der Waals surface area contributed by atoms with Gasteiger partial charge in [-0.2, -0.15) is 0 Å². The van der Waals surface area contributed by atoms with Crippen LogP contribution < -0.4 is 5.32 Å². The topological polar surface area (TPSA) is 67.4 Å². The molecule has 1 fully saturated rings. The van der Waals surface area contributed by atoms with Crippen LogP contribution in [0.4, 0.5) is 0 Å². The van der Waals surface area contributed by atoms with Gasteiger partial charge in [-0.1, -0.05) is 42.0 Å². The average Bonchev–Trinajstić information content (AvgIpc) is 2.75. The van der Waals surface area contributed by atoms with E-state index < -0.39 is 0 Å². The molecule has 0 radical (unpaired) electrons. The molecule has 1 saturated heterocycles. The summed E-state index contributed by atoms with van der Waals surface area (Å²) in [5.74, 6) is -0.205. The van der Waals surface area contributed by atoms with Gasteiger partial charge in [-0.15, -0.1) is 0 Å². The summed E-state index contributed by atoms with van der Waals surface area (Å²) in [6.07, 6.45) is 1.54. The Morgan fingerprint density at radius 2 is 1.82 bits per heavy atom. The first kappa shape index (κ1) is 18.5. The number of para-hydroxylation sites is 2. The maximum absolute atomic E-state index is 12.7. The Morgan fingerprint density at radius 3 is 2.57 bits per heavy atom. The number of benzene rings is 2. The van der Waals surface area contributed by atoms with Crippen molar-refractivity contribution in [2.24, 2.45) is 0 Å². The van der Waals surface area contributed by atoms with Crippen LogP contribution >= 0.6 is 0 Å². The maximum atomic E-state index is 12.7. The molecule has 1 aliphatic heterocycles. The summed E-state index contributed by atoms with van der Waals surface area (Å²) in [4.78, 5) is 23.8. The quantitative estimate of drug-likeness (QED) is 0.742. The highest BCUT2D eigenvalue weighted by molar-refractivity contribution is 5.93. The molecular weight excluding hydrogens is 352 g/mol. The number of carbonyl (C=O) groups is 1. The van der Waals surface area contributed by atoms with Gasteiger partial charge in [-0.25, -0.2) is 4.98 Å². The van der Waals surface area contributed by atoms with E-state index in [1.807, 2.05) is 24.3 Å². The van der Waals surface area contributed by atoms with E-state index in [-0.39, 0.29) is 11.9 Å². The van der Waals surface area contributed by atoms with Crippen LogP contribution in [0.1, 0.15) is 27.7 Å². The summed E-state index contributed by atoms with van der Waals surface area (Å²) < 4.78 is 5.49. The number of carbonyl (C=O) groups excluding carboxylic acids is 1. The Morgan fingerprint density at radius 1 is 1.11 bits per heavy atom. The zero-order valence-electron chi connectivity index (χ0n) is 16.0. The van der Waals surface area contributed by atoms with Gasteiger partial charge < -0.3 is 10.1 Å². The van der Waals surface area contributed by atoms with E-state index >= 15 is 0 Å². The van der Waals surface area contributed by atoms with Gasteiger partial charge in [0.2, 0.25) is 0 Å². The molecule has 0 aliphatic carbocycles. The van der Waals surface area contributed by atoms with E-state index in [9.17, 15) is 4.79 Å². The summed E-state index contributed by atoms with van der Waals surface area (Å²) in [7, 11) is 0. The molecule has 28 heavy (non-hydrogen) atoms. The van der Waals surface area contributed by atoms with E-state index in [2.05, 4.69) is 51.4 Å². The second-order valence-corrected chi connectivity index (χ2v) is 7.03. The lowest BCUT2D eigenvalue weighted by molar-refractivity contribution is 0.0162. The Balaban J connectivity index is 1.50. The zero-order chi connectivity index (χ0) is 19.3. The highest BCUT2D eigenvalue weighted by atomic mass is 16.5. The molecule has 2 aromatic carbocycles. The van der Waals surface area contributed by atoms with E-state index in [1.165, 1.54) is 17.3 Å². The van der Waals surface area contributed by atoms with Gasteiger partial charge in [0.25, 0.3) is 5.91 Å². The lowest BCUT2D eigenvalue weighted by Crippen LogP contribution is -2.44. The smallest absolute Gasteiger partial charge is 0.271 e. The number of rotatable bonds is 5. The number of morpholine rings is 1. The number of aryl methyl sites for hydroxylation is 1. The molecule has 1 amide bonds. The normalized spacial score (nSPS) is 16.0. The molecule has 144 valence electrons. The predicted octanol–water partition coefficient (Wildman–Crippen LogP) is 2.74. The average molecular weight is 376 g/mol. The van der Waals surface area contributed by atoms with Crippen molar-refractivity contribution in [3.63, 3.8) is 0 Å². The lowest BCUT2D eigenvalue weighted by Gasteiger charge is -2.35. The fourth-order valence-electron chi connectivity index (χ4n) is 3.48. The summed E-state index contributed by atoms with van der Waals surface area (Å²) >= 11 is 0. The molecule has 1 aliphatic rings. The predicted molar refractivity (Wildman–Crippen MR) is 108 cm³/mol. The molecule has 1 aromatic heterocycles. The summed E-state index contributed by atoms with van der Waals surface area (Å²) in [5.41, 5.74) is 4.25. The van der Waals surface area contributed by atoms with Gasteiger partial charge in [0.1, 0.15) is 5.69 Å². The fourth-order valence-corrected chi connectivity index (χ4v) is 3.48. The Kier molecular flexibility index (Phi) is 5.60. The van der Waals surface area contributed by atoms with Gasteiger partial charge in [0.05, 0.1) is 36.5 Å². The van der Waals surface area contributed by atoms with Crippen molar-refractivity contribution in [1.29, 1.82) is 0 Å². The first-order chi connectivity index (χ1) is 13.7. The molecule has 0 unspecified atom stereocenters. The third kappa shape index (κ3) is 4.18. The Labute approximate surface area is 164 Å². The Bertz CT molecular complexity index is 952. The molecule has 0 spiro atoms. The molecule has 1 N–H and O–H groups in total. The number of ether oxygens (including phenoxy) is 1. The van der Waals surface area contributed by atoms with Crippen LogP contribution in [0.3, 0.4) is 0 Å². The minimum Gasteiger partial charge on any atom is -0.379 e. The van der Waals surface area contributed by atoms with Gasteiger partial charge in [0.15, 0.2) is 0 Å². The van der Waals surface area contributed by atoms with Crippen molar-refractivity contribution in [3.05, 3.63) is 71.5 Å². The van der Waals surface area contributed by atoms with Gasteiger partial charge >= 0.3 is 0 Å². The molecule has 1 atom stereocenters. The summed E-state index contributed by atoms with van der Waals surface area (Å²) in [5, 5.41) is 3.05. The van der Waals surface area contributed by atoms with Crippen LogP contribution in [0.2, 0.25) is 0 Å². The third-order valence-electron chi connectivity index (χ3n) is 5.09. The second-order valence-electron chi connectivity index (χ2n) is 7.03. The van der Waals surface area contributed by atoms with Crippen LogP contribution in [0, 0.1) is 6.92 Å². The maximum Gasteiger partial charge on any atom is 0.271 e. The highest BCUT2D eigenvalue weighted by Gasteiger charge is 2.23. The van der Waals surface area contributed by atoms with Crippen molar-refractivity contribution in [2.45, 2.75) is 13.0 Å². The van der Waals surface area contributed by atoms with Crippen LogP contribution in [-0.4, -0.2) is 53.6 Å². The number of hydrogen-bond donors (Lipinski definition) is 1. The van der Waals surface area contributed by atoms with Crippen molar-refractivity contribution < 1.29 is 9.53 Å². The number of nitrogens with one attached hydrogen (secondary N) is 1. The van der Waals surface area contributed by atoms with E-state index in [0.717, 1.165) is 24.1 Å². The number of amides is 1. The SMILES string of the molecule is Cc1ccc([C@@H](CNC(=O)c2cnc3ccccc3n2)N2CCOCC2)cc1. The van der Waals surface area contributed by atoms with Crippen molar-refractivity contribution in [1.82, 2.24) is 20.2 Å². The fraction of sp³-hybridized carbons (Fsp3) is 0.318. The number of aromatic nitrogens is 2. The van der Waals surface area contributed by atoms with Gasteiger partial charge in [-0.3, -0.25) is 14.7 Å². The lowest BCUT2D eigenvalue weighted by atomic mass is 10.0. The summed E-state index contributed by atoms with van der Waals surface area (Å²) in [6, 6.07) is 16.1. The van der Waals surface area contributed by atoms with Gasteiger partial charge in [0, 0.05) is 19.6 Å². The monoisotopic (exact) mass is 376 g/mol. The molecule has 2 heterocycles. The van der Waals surface area contributed by atoms with Crippen molar-refractivity contribution >= 4 is 16.9 Å². The Hall–Kier alpha value is -2.83. The number of hydrogen-bond acceptors (Lipinski definition) is 5. The number of fused-ring (bicyclic) bond motifs is 1.